The van der Waals surface area contributed by atoms with Gasteiger partial charge in [0.15, 0.2) is 5.82 Å². The molecule has 1 aromatic heterocycles. The average molecular weight is 378 g/mol. The standard InChI is InChI=1S/C14H12BrF4N3/c1-13(8-4-9(16)12(15)20-6-8)21-10-3-2-7(14(17,18)19)5-11(10)22-13/h2-6,10-11,21-22H,1H3. The minimum atomic E-state index is -4.38. The van der Waals surface area contributed by atoms with Crippen molar-refractivity contribution in [3.8, 4) is 0 Å². The van der Waals surface area contributed by atoms with Gasteiger partial charge in [0.05, 0.1) is 11.2 Å². The summed E-state index contributed by atoms with van der Waals surface area (Å²) in [6.45, 7) is 1.74. The van der Waals surface area contributed by atoms with Gasteiger partial charge >= 0.3 is 6.18 Å². The zero-order valence-electron chi connectivity index (χ0n) is 11.4. The van der Waals surface area contributed by atoms with Gasteiger partial charge in [0.2, 0.25) is 0 Å². The number of nitrogens with zero attached hydrogens (tertiary/aromatic N) is 1. The smallest absolute Gasteiger partial charge is 0.287 e. The minimum absolute atomic E-state index is 0.0920. The number of hydrogen-bond donors (Lipinski definition) is 2. The van der Waals surface area contributed by atoms with Gasteiger partial charge in [0, 0.05) is 23.8 Å². The Labute approximate surface area is 132 Å². The van der Waals surface area contributed by atoms with E-state index >= 15 is 0 Å². The van der Waals surface area contributed by atoms with Crippen molar-refractivity contribution in [2.75, 3.05) is 0 Å². The van der Waals surface area contributed by atoms with Gasteiger partial charge in [0.25, 0.3) is 0 Å². The monoisotopic (exact) mass is 377 g/mol. The molecule has 1 aliphatic carbocycles. The normalized spacial score (nSPS) is 31.1. The highest BCUT2D eigenvalue weighted by molar-refractivity contribution is 9.10. The van der Waals surface area contributed by atoms with Gasteiger partial charge in [0.1, 0.15) is 4.60 Å². The summed E-state index contributed by atoms with van der Waals surface area (Å²) in [5, 5.41) is 6.25. The summed E-state index contributed by atoms with van der Waals surface area (Å²) >= 11 is 2.97. The second kappa shape index (κ2) is 5.14. The molecule has 0 aromatic carbocycles. The quantitative estimate of drug-likeness (QED) is 0.583. The van der Waals surface area contributed by atoms with Gasteiger partial charge in [-0.05, 0) is 28.9 Å². The fourth-order valence-electron chi connectivity index (χ4n) is 2.71. The van der Waals surface area contributed by atoms with Crippen LogP contribution in [0.3, 0.4) is 0 Å². The van der Waals surface area contributed by atoms with E-state index in [0.717, 1.165) is 12.2 Å². The third-order valence-electron chi connectivity index (χ3n) is 3.84. The lowest BCUT2D eigenvalue weighted by atomic mass is 9.99. The molecule has 8 heteroatoms. The molecule has 0 saturated carbocycles. The van der Waals surface area contributed by atoms with Gasteiger partial charge < -0.3 is 0 Å². The Hall–Kier alpha value is -1.25. The molecule has 1 aliphatic heterocycles. The van der Waals surface area contributed by atoms with Crippen molar-refractivity contribution in [3.05, 3.63) is 52.0 Å². The summed E-state index contributed by atoms with van der Waals surface area (Å²) in [4.78, 5) is 3.89. The Morgan fingerprint density at radius 1 is 1.27 bits per heavy atom. The van der Waals surface area contributed by atoms with Crippen LogP contribution in [0.15, 0.2) is 40.7 Å². The van der Waals surface area contributed by atoms with Crippen LogP contribution in [0.1, 0.15) is 12.5 Å². The third kappa shape index (κ3) is 2.70. The zero-order chi connectivity index (χ0) is 16.1. The highest BCUT2D eigenvalue weighted by Gasteiger charge is 2.44. The highest BCUT2D eigenvalue weighted by atomic mass is 79.9. The van der Waals surface area contributed by atoms with Crippen molar-refractivity contribution in [1.82, 2.24) is 15.6 Å². The molecule has 3 rings (SSSR count). The van der Waals surface area contributed by atoms with Crippen LogP contribution in [-0.2, 0) is 5.66 Å². The molecule has 0 bridgehead atoms. The summed E-state index contributed by atoms with van der Waals surface area (Å²) in [6.07, 6.45) is 0.762. The molecule has 3 unspecified atom stereocenters. The molecule has 0 radical (unpaired) electrons. The highest BCUT2D eigenvalue weighted by Crippen LogP contribution is 2.34. The molecule has 1 fully saturated rings. The molecule has 0 amide bonds. The second-order valence-corrected chi connectivity index (χ2v) is 6.19. The van der Waals surface area contributed by atoms with Crippen LogP contribution in [0.4, 0.5) is 17.6 Å². The van der Waals surface area contributed by atoms with E-state index in [1.807, 2.05) is 0 Å². The third-order valence-corrected chi connectivity index (χ3v) is 4.42. The summed E-state index contributed by atoms with van der Waals surface area (Å²) in [5.41, 5.74) is -1.04. The van der Waals surface area contributed by atoms with E-state index in [9.17, 15) is 17.6 Å². The van der Waals surface area contributed by atoms with Gasteiger partial charge in [-0.2, -0.15) is 13.2 Å². The van der Waals surface area contributed by atoms with Gasteiger partial charge in [-0.1, -0.05) is 18.2 Å². The van der Waals surface area contributed by atoms with Crippen LogP contribution in [0.5, 0.6) is 0 Å². The molecule has 3 nitrogen and oxygen atoms in total. The first kappa shape index (κ1) is 15.6. The van der Waals surface area contributed by atoms with Gasteiger partial charge in [-0.3, -0.25) is 10.6 Å². The summed E-state index contributed by atoms with van der Waals surface area (Å²) in [7, 11) is 0. The number of fused-ring (bicyclic) bond motifs is 1. The molecule has 1 saturated heterocycles. The Morgan fingerprint density at radius 2 is 1.95 bits per heavy atom. The molecule has 0 spiro atoms. The molecular formula is C14H12BrF4N3. The van der Waals surface area contributed by atoms with Gasteiger partial charge in [-0.15, -0.1) is 0 Å². The topological polar surface area (TPSA) is 37.0 Å². The largest absolute Gasteiger partial charge is 0.416 e. The molecule has 1 aromatic rings. The van der Waals surface area contributed by atoms with E-state index in [4.69, 9.17) is 0 Å². The van der Waals surface area contributed by atoms with E-state index < -0.39 is 29.3 Å². The fraction of sp³-hybridized carbons (Fsp3) is 0.357. The van der Waals surface area contributed by atoms with E-state index in [0.29, 0.717) is 5.56 Å². The van der Waals surface area contributed by atoms with Crippen molar-refractivity contribution in [1.29, 1.82) is 0 Å². The molecule has 22 heavy (non-hydrogen) atoms. The summed E-state index contributed by atoms with van der Waals surface area (Å²) in [5.74, 6) is -0.528. The molecule has 2 aliphatic rings. The fourth-order valence-corrected chi connectivity index (χ4v) is 2.92. The minimum Gasteiger partial charge on any atom is -0.287 e. The Balaban J connectivity index is 1.89. The molecule has 118 valence electrons. The van der Waals surface area contributed by atoms with Gasteiger partial charge in [-0.25, -0.2) is 9.37 Å². The summed E-state index contributed by atoms with van der Waals surface area (Å²) < 4.78 is 52.1. The number of hydrogen-bond acceptors (Lipinski definition) is 3. The SMILES string of the molecule is CC1(c2cnc(Br)c(F)c2)NC2C=CC(C(F)(F)F)=CC2N1. The predicted octanol–water partition coefficient (Wildman–Crippen LogP) is 3.14. The van der Waals surface area contributed by atoms with Crippen LogP contribution in [0.25, 0.3) is 0 Å². The van der Waals surface area contributed by atoms with E-state index in [1.165, 1.54) is 18.3 Å². The second-order valence-electron chi connectivity index (χ2n) is 5.44. The van der Waals surface area contributed by atoms with Crippen LogP contribution >= 0.6 is 15.9 Å². The Kier molecular flexibility index (Phi) is 3.65. The number of alkyl halides is 3. The molecule has 3 atom stereocenters. The average Bonchev–Trinajstić information content (AvgIpc) is 2.77. The maximum Gasteiger partial charge on any atom is 0.416 e. The van der Waals surface area contributed by atoms with Crippen molar-refractivity contribution >= 4 is 15.9 Å². The summed E-state index contributed by atoms with van der Waals surface area (Å²) in [6, 6.07) is 0.466. The Bertz CT molecular complexity index is 671. The van der Waals surface area contributed by atoms with Crippen LogP contribution in [0, 0.1) is 5.82 Å². The number of aromatic nitrogens is 1. The number of halogens is 5. The molecule has 2 heterocycles. The maximum absolute atomic E-state index is 13.7. The van der Waals surface area contributed by atoms with E-state index in [-0.39, 0.29) is 10.6 Å². The van der Waals surface area contributed by atoms with Crippen molar-refractivity contribution in [3.63, 3.8) is 0 Å². The predicted molar refractivity (Wildman–Crippen MR) is 76.4 cm³/mol. The van der Waals surface area contributed by atoms with Crippen LogP contribution in [0.2, 0.25) is 0 Å². The number of pyridine rings is 1. The molecular weight excluding hydrogens is 366 g/mol. The maximum atomic E-state index is 13.7. The molecule has 2 N–H and O–H groups in total. The van der Waals surface area contributed by atoms with E-state index in [1.54, 1.807) is 6.92 Å². The van der Waals surface area contributed by atoms with Crippen molar-refractivity contribution < 1.29 is 17.6 Å². The lowest BCUT2D eigenvalue weighted by molar-refractivity contribution is -0.0887. The van der Waals surface area contributed by atoms with Crippen LogP contribution in [-0.4, -0.2) is 23.2 Å². The Morgan fingerprint density at radius 3 is 2.59 bits per heavy atom. The first-order chi connectivity index (χ1) is 10.2. The number of nitrogens with one attached hydrogen (secondary N) is 2. The van der Waals surface area contributed by atoms with Crippen molar-refractivity contribution in [2.45, 2.75) is 30.8 Å². The van der Waals surface area contributed by atoms with E-state index in [2.05, 4.69) is 31.5 Å². The first-order valence-corrected chi connectivity index (χ1v) is 7.32. The number of rotatable bonds is 1. The van der Waals surface area contributed by atoms with Crippen LogP contribution < -0.4 is 10.6 Å². The first-order valence-electron chi connectivity index (χ1n) is 6.53. The zero-order valence-corrected chi connectivity index (χ0v) is 13.0. The van der Waals surface area contributed by atoms with Crippen molar-refractivity contribution in [2.24, 2.45) is 0 Å². The lowest BCUT2D eigenvalue weighted by Gasteiger charge is -2.26. The lowest BCUT2D eigenvalue weighted by Crippen LogP contribution is -2.44. The number of allylic oxidation sites excluding steroid dienone is 2.